The molecule has 0 spiro atoms. The zero-order valence-electron chi connectivity index (χ0n) is 11.0. The lowest BCUT2D eigenvalue weighted by atomic mass is 10.3. The van der Waals surface area contributed by atoms with Crippen LogP contribution in [0, 0.1) is 6.92 Å². The molecule has 1 aliphatic rings. The van der Waals surface area contributed by atoms with Crippen molar-refractivity contribution in [2.75, 3.05) is 36.0 Å². The summed E-state index contributed by atoms with van der Waals surface area (Å²) in [6.45, 7) is 5.80. The molecule has 0 radical (unpaired) electrons. The van der Waals surface area contributed by atoms with Crippen LogP contribution >= 0.6 is 0 Å². The second kappa shape index (κ2) is 5.22. The summed E-state index contributed by atoms with van der Waals surface area (Å²) in [6.07, 6.45) is 3.66. The summed E-state index contributed by atoms with van der Waals surface area (Å²) in [5.74, 6) is 2.90. The lowest BCUT2D eigenvalue weighted by Gasteiger charge is -2.36. The van der Waals surface area contributed by atoms with E-state index < -0.39 is 0 Å². The second-order valence-electron chi connectivity index (χ2n) is 4.62. The van der Waals surface area contributed by atoms with Crippen molar-refractivity contribution in [1.82, 2.24) is 15.0 Å². The maximum Gasteiger partial charge on any atom is 0.132 e. The molecular weight excluding hydrogens is 238 g/mol. The van der Waals surface area contributed by atoms with Crippen molar-refractivity contribution in [3.63, 3.8) is 0 Å². The predicted molar refractivity (Wildman–Crippen MR) is 75.4 cm³/mol. The average molecular weight is 255 g/mol. The highest BCUT2D eigenvalue weighted by atomic mass is 15.3. The minimum atomic E-state index is 0.824. The highest BCUT2D eigenvalue weighted by Gasteiger charge is 2.18. The molecular formula is C14H17N5. The van der Waals surface area contributed by atoms with Gasteiger partial charge in [0.05, 0.1) is 0 Å². The molecule has 0 bridgehead atoms. The van der Waals surface area contributed by atoms with Gasteiger partial charge in [-0.25, -0.2) is 15.0 Å². The van der Waals surface area contributed by atoms with Crippen molar-refractivity contribution < 1.29 is 0 Å². The van der Waals surface area contributed by atoms with E-state index in [2.05, 4.69) is 30.8 Å². The summed E-state index contributed by atoms with van der Waals surface area (Å²) < 4.78 is 0. The van der Waals surface area contributed by atoms with E-state index in [4.69, 9.17) is 0 Å². The molecule has 2 aromatic rings. The van der Waals surface area contributed by atoms with Crippen molar-refractivity contribution in [1.29, 1.82) is 0 Å². The maximum absolute atomic E-state index is 4.48. The van der Waals surface area contributed by atoms with Gasteiger partial charge in [0.15, 0.2) is 0 Å². The number of aromatic nitrogens is 3. The predicted octanol–water partition coefficient (Wildman–Crippen LogP) is 1.51. The van der Waals surface area contributed by atoms with Crippen molar-refractivity contribution in [3.05, 3.63) is 42.5 Å². The molecule has 0 N–H and O–H groups in total. The number of rotatable bonds is 2. The fourth-order valence-corrected chi connectivity index (χ4v) is 2.33. The van der Waals surface area contributed by atoms with Crippen molar-refractivity contribution in [3.8, 4) is 0 Å². The minimum absolute atomic E-state index is 0.824. The zero-order valence-corrected chi connectivity index (χ0v) is 11.0. The van der Waals surface area contributed by atoms with Crippen molar-refractivity contribution in [2.24, 2.45) is 0 Å². The van der Waals surface area contributed by atoms with Gasteiger partial charge in [0.1, 0.15) is 17.5 Å². The number of pyridine rings is 1. The molecule has 0 saturated carbocycles. The summed E-state index contributed by atoms with van der Waals surface area (Å²) in [4.78, 5) is 17.6. The van der Waals surface area contributed by atoms with Gasteiger partial charge in [-0.05, 0) is 25.1 Å². The van der Waals surface area contributed by atoms with E-state index in [1.54, 1.807) is 0 Å². The lowest BCUT2D eigenvalue weighted by Crippen LogP contribution is -2.47. The van der Waals surface area contributed by atoms with Gasteiger partial charge in [-0.3, -0.25) is 0 Å². The number of anilines is 2. The van der Waals surface area contributed by atoms with E-state index in [0.717, 1.165) is 43.6 Å². The molecule has 1 saturated heterocycles. The quantitative estimate of drug-likeness (QED) is 0.814. The monoisotopic (exact) mass is 255 g/mol. The SMILES string of the molecule is Cc1nccc(N2CCN(c3ccccn3)CC2)n1. The average Bonchev–Trinajstić information content (AvgIpc) is 2.48. The first-order valence-corrected chi connectivity index (χ1v) is 6.53. The van der Waals surface area contributed by atoms with Crippen LogP contribution in [0.25, 0.3) is 0 Å². The molecule has 0 aromatic carbocycles. The van der Waals surface area contributed by atoms with Crippen LogP contribution in [-0.2, 0) is 0 Å². The van der Waals surface area contributed by atoms with Crippen LogP contribution in [0.3, 0.4) is 0 Å². The molecule has 5 nitrogen and oxygen atoms in total. The number of hydrogen-bond donors (Lipinski definition) is 0. The maximum atomic E-state index is 4.48. The molecule has 0 aliphatic carbocycles. The summed E-state index contributed by atoms with van der Waals surface area (Å²) in [5.41, 5.74) is 0. The number of piperazine rings is 1. The van der Waals surface area contributed by atoms with Crippen LogP contribution in [0.2, 0.25) is 0 Å². The standard InChI is InChI=1S/C14H17N5/c1-12-15-7-5-14(17-12)19-10-8-18(9-11-19)13-4-2-3-6-16-13/h2-7H,8-11H2,1H3. The van der Waals surface area contributed by atoms with Crippen LogP contribution < -0.4 is 9.80 Å². The lowest BCUT2D eigenvalue weighted by molar-refractivity contribution is 0.640. The van der Waals surface area contributed by atoms with Gasteiger partial charge in [0, 0.05) is 38.6 Å². The Morgan fingerprint density at radius 2 is 1.58 bits per heavy atom. The Balaban J connectivity index is 1.67. The van der Waals surface area contributed by atoms with Crippen molar-refractivity contribution in [2.45, 2.75) is 6.92 Å². The molecule has 19 heavy (non-hydrogen) atoms. The van der Waals surface area contributed by atoms with Crippen LogP contribution in [0.1, 0.15) is 5.82 Å². The fraction of sp³-hybridized carbons (Fsp3) is 0.357. The molecule has 0 amide bonds. The molecule has 0 atom stereocenters. The molecule has 3 heterocycles. The molecule has 1 aliphatic heterocycles. The van der Waals surface area contributed by atoms with Crippen LogP contribution in [0.4, 0.5) is 11.6 Å². The second-order valence-corrected chi connectivity index (χ2v) is 4.62. The van der Waals surface area contributed by atoms with Gasteiger partial charge in [-0.2, -0.15) is 0 Å². The summed E-state index contributed by atoms with van der Waals surface area (Å²) in [7, 11) is 0. The first-order valence-electron chi connectivity index (χ1n) is 6.53. The zero-order chi connectivity index (χ0) is 13.1. The van der Waals surface area contributed by atoms with E-state index in [9.17, 15) is 0 Å². The third-order valence-electron chi connectivity index (χ3n) is 3.34. The number of aryl methyl sites for hydroxylation is 1. The molecule has 1 fully saturated rings. The third kappa shape index (κ3) is 2.65. The number of hydrogen-bond acceptors (Lipinski definition) is 5. The van der Waals surface area contributed by atoms with E-state index >= 15 is 0 Å². The minimum Gasteiger partial charge on any atom is -0.353 e. The van der Waals surface area contributed by atoms with Crippen molar-refractivity contribution >= 4 is 11.6 Å². The Morgan fingerprint density at radius 3 is 2.21 bits per heavy atom. The largest absolute Gasteiger partial charge is 0.353 e. The van der Waals surface area contributed by atoms with Gasteiger partial charge < -0.3 is 9.80 Å². The van der Waals surface area contributed by atoms with E-state index in [1.165, 1.54) is 0 Å². The Bertz CT molecular complexity index is 535. The highest BCUT2D eigenvalue weighted by Crippen LogP contribution is 2.16. The van der Waals surface area contributed by atoms with Crippen LogP contribution in [0.5, 0.6) is 0 Å². The molecule has 2 aromatic heterocycles. The van der Waals surface area contributed by atoms with Gasteiger partial charge in [-0.1, -0.05) is 6.07 Å². The van der Waals surface area contributed by atoms with E-state index in [1.807, 2.05) is 37.5 Å². The topological polar surface area (TPSA) is 45.2 Å². The Morgan fingerprint density at radius 1 is 0.842 bits per heavy atom. The Labute approximate surface area is 112 Å². The normalized spacial score (nSPS) is 15.6. The van der Waals surface area contributed by atoms with E-state index in [0.29, 0.717) is 0 Å². The smallest absolute Gasteiger partial charge is 0.132 e. The van der Waals surface area contributed by atoms with Gasteiger partial charge >= 0.3 is 0 Å². The van der Waals surface area contributed by atoms with Crippen LogP contribution in [-0.4, -0.2) is 41.1 Å². The summed E-state index contributed by atoms with van der Waals surface area (Å²) >= 11 is 0. The molecule has 0 unspecified atom stereocenters. The third-order valence-corrected chi connectivity index (χ3v) is 3.34. The van der Waals surface area contributed by atoms with Gasteiger partial charge in [-0.15, -0.1) is 0 Å². The molecule has 5 heteroatoms. The van der Waals surface area contributed by atoms with Gasteiger partial charge in [0.2, 0.25) is 0 Å². The highest BCUT2D eigenvalue weighted by molar-refractivity contribution is 5.44. The number of nitrogens with zero attached hydrogens (tertiary/aromatic N) is 5. The Hall–Kier alpha value is -2.17. The summed E-state index contributed by atoms with van der Waals surface area (Å²) in [5, 5.41) is 0. The first kappa shape index (κ1) is 11.9. The van der Waals surface area contributed by atoms with E-state index in [-0.39, 0.29) is 0 Å². The fourth-order valence-electron chi connectivity index (χ4n) is 2.33. The van der Waals surface area contributed by atoms with Crippen LogP contribution in [0.15, 0.2) is 36.7 Å². The van der Waals surface area contributed by atoms with Gasteiger partial charge in [0.25, 0.3) is 0 Å². The molecule has 3 rings (SSSR count). The Kier molecular flexibility index (Phi) is 3.27. The molecule has 98 valence electrons. The summed E-state index contributed by atoms with van der Waals surface area (Å²) in [6, 6.07) is 8.01. The first-order chi connectivity index (χ1) is 9.33.